The molecule has 0 aliphatic carbocycles. The average molecular weight is 249 g/mol. The van der Waals surface area contributed by atoms with Crippen LogP contribution in [0.25, 0.3) is 0 Å². The van der Waals surface area contributed by atoms with Crippen LogP contribution in [0.3, 0.4) is 0 Å². The lowest BCUT2D eigenvalue weighted by Crippen LogP contribution is -2.43. The standard InChI is InChI=1S/C13H19N3O2/c1-9(10-3-5-15-6-4-10)16-13(17)11-7-18-8-12(11)14-2/h3-6,9,11-12,14H,7-8H2,1-2H3,(H,16,17). The number of amides is 1. The second-order valence-corrected chi connectivity index (χ2v) is 4.55. The lowest BCUT2D eigenvalue weighted by Gasteiger charge is -2.20. The number of carbonyl (C=O) groups is 1. The Morgan fingerprint density at radius 1 is 1.44 bits per heavy atom. The van der Waals surface area contributed by atoms with Crippen molar-refractivity contribution in [3.63, 3.8) is 0 Å². The summed E-state index contributed by atoms with van der Waals surface area (Å²) in [5, 5.41) is 6.13. The van der Waals surface area contributed by atoms with Gasteiger partial charge in [0.1, 0.15) is 0 Å². The van der Waals surface area contributed by atoms with Crippen molar-refractivity contribution in [3.05, 3.63) is 30.1 Å². The van der Waals surface area contributed by atoms with Crippen LogP contribution in [0.5, 0.6) is 0 Å². The topological polar surface area (TPSA) is 63.2 Å². The molecule has 1 aromatic rings. The van der Waals surface area contributed by atoms with E-state index in [2.05, 4.69) is 15.6 Å². The summed E-state index contributed by atoms with van der Waals surface area (Å²) in [5.74, 6) is -0.0737. The predicted molar refractivity (Wildman–Crippen MR) is 68.0 cm³/mol. The molecule has 0 aromatic carbocycles. The first-order chi connectivity index (χ1) is 8.72. The number of nitrogens with one attached hydrogen (secondary N) is 2. The number of ether oxygens (including phenoxy) is 1. The molecular formula is C13H19N3O2. The van der Waals surface area contributed by atoms with E-state index in [1.54, 1.807) is 12.4 Å². The molecule has 1 saturated heterocycles. The first-order valence-electron chi connectivity index (χ1n) is 6.17. The highest BCUT2D eigenvalue weighted by molar-refractivity contribution is 5.80. The van der Waals surface area contributed by atoms with E-state index in [4.69, 9.17) is 4.74 Å². The molecule has 18 heavy (non-hydrogen) atoms. The van der Waals surface area contributed by atoms with Crippen molar-refractivity contribution in [1.29, 1.82) is 0 Å². The van der Waals surface area contributed by atoms with Gasteiger partial charge in [0.25, 0.3) is 0 Å². The summed E-state index contributed by atoms with van der Waals surface area (Å²) in [4.78, 5) is 16.1. The summed E-state index contributed by atoms with van der Waals surface area (Å²) in [6, 6.07) is 3.91. The van der Waals surface area contributed by atoms with Crippen LogP contribution < -0.4 is 10.6 Å². The van der Waals surface area contributed by atoms with E-state index < -0.39 is 0 Å². The molecule has 0 spiro atoms. The predicted octanol–water partition coefficient (Wildman–Crippen LogP) is 0.493. The number of aromatic nitrogens is 1. The molecule has 0 radical (unpaired) electrons. The Morgan fingerprint density at radius 3 is 2.83 bits per heavy atom. The van der Waals surface area contributed by atoms with E-state index >= 15 is 0 Å². The van der Waals surface area contributed by atoms with Gasteiger partial charge in [0.2, 0.25) is 5.91 Å². The summed E-state index contributed by atoms with van der Waals surface area (Å²) in [6.07, 6.45) is 3.46. The third-order valence-corrected chi connectivity index (χ3v) is 3.35. The van der Waals surface area contributed by atoms with E-state index in [0.717, 1.165) is 5.56 Å². The SMILES string of the molecule is CNC1COCC1C(=O)NC(C)c1ccncc1. The van der Waals surface area contributed by atoms with Crippen LogP contribution in [0.2, 0.25) is 0 Å². The number of hydrogen-bond acceptors (Lipinski definition) is 4. The van der Waals surface area contributed by atoms with Crippen LogP contribution in [-0.4, -0.2) is 37.2 Å². The minimum Gasteiger partial charge on any atom is -0.379 e. The molecule has 2 N–H and O–H groups in total. The maximum atomic E-state index is 12.2. The highest BCUT2D eigenvalue weighted by atomic mass is 16.5. The summed E-state index contributed by atoms with van der Waals surface area (Å²) in [7, 11) is 1.85. The van der Waals surface area contributed by atoms with Crippen molar-refractivity contribution >= 4 is 5.91 Å². The third-order valence-electron chi connectivity index (χ3n) is 3.35. The molecule has 0 bridgehead atoms. The van der Waals surface area contributed by atoms with Crippen LogP contribution >= 0.6 is 0 Å². The lowest BCUT2D eigenvalue weighted by molar-refractivity contribution is -0.126. The van der Waals surface area contributed by atoms with Crippen LogP contribution in [0.4, 0.5) is 0 Å². The Kier molecular flexibility index (Phi) is 4.28. The molecule has 5 heteroatoms. The minimum absolute atomic E-state index is 0.0152. The van der Waals surface area contributed by atoms with Gasteiger partial charge in [-0.05, 0) is 31.7 Å². The molecule has 3 atom stereocenters. The second-order valence-electron chi connectivity index (χ2n) is 4.55. The smallest absolute Gasteiger partial charge is 0.227 e. The van der Waals surface area contributed by atoms with Crippen LogP contribution in [-0.2, 0) is 9.53 Å². The number of rotatable bonds is 4. The Balaban J connectivity index is 1.95. The Morgan fingerprint density at radius 2 is 2.17 bits per heavy atom. The molecule has 1 amide bonds. The van der Waals surface area contributed by atoms with Gasteiger partial charge in [-0.25, -0.2) is 0 Å². The quantitative estimate of drug-likeness (QED) is 0.815. The van der Waals surface area contributed by atoms with Crippen LogP contribution in [0, 0.1) is 5.92 Å². The summed E-state index contributed by atoms with van der Waals surface area (Å²) >= 11 is 0. The van der Waals surface area contributed by atoms with E-state index in [0.29, 0.717) is 13.2 Å². The number of pyridine rings is 1. The van der Waals surface area contributed by atoms with Gasteiger partial charge in [0.15, 0.2) is 0 Å². The number of carbonyl (C=O) groups excluding carboxylic acids is 1. The Labute approximate surface area is 107 Å². The van der Waals surface area contributed by atoms with Crippen molar-refractivity contribution in [2.24, 2.45) is 5.92 Å². The summed E-state index contributed by atoms with van der Waals surface area (Å²) in [5.41, 5.74) is 1.05. The summed E-state index contributed by atoms with van der Waals surface area (Å²) < 4.78 is 5.34. The maximum absolute atomic E-state index is 12.2. The zero-order valence-electron chi connectivity index (χ0n) is 10.7. The Hall–Kier alpha value is -1.46. The maximum Gasteiger partial charge on any atom is 0.227 e. The second kappa shape index (κ2) is 5.93. The monoisotopic (exact) mass is 249 g/mol. The Bertz CT molecular complexity index is 396. The van der Waals surface area contributed by atoms with Gasteiger partial charge >= 0.3 is 0 Å². The molecule has 5 nitrogen and oxygen atoms in total. The number of nitrogens with zero attached hydrogens (tertiary/aromatic N) is 1. The lowest BCUT2D eigenvalue weighted by atomic mass is 10.0. The van der Waals surface area contributed by atoms with E-state index in [1.807, 2.05) is 26.1 Å². The number of likely N-dealkylation sites (N-methyl/N-ethyl adjacent to an activating group) is 1. The zero-order valence-corrected chi connectivity index (χ0v) is 10.7. The van der Waals surface area contributed by atoms with Crippen molar-refractivity contribution < 1.29 is 9.53 Å². The normalized spacial score (nSPS) is 24.8. The largest absolute Gasteiger partial charge is 0.379 e. The van der Waals surface area contributed by atoms with Crippen molar-refractivity contribution in [3.8, 4) is 0 Å². The average Bonchev–Trinajstić information content (AvgIpc) is 2.88. The highest BCUT2D eigenvalue weighted by Crippen LogP contribution is 2.16. The first kappa shape index (κ1) is 13.0. The van der Waals surface area contributed by atoms with Gasteiger partial charge in [-0.2, -0.15) is 0 Å². The van der Waals surface area contributed by atoms with Crippen LogP contribution in [0.1, 0.15) is 18.5 Å². The molecule has 1 aliphatic heterocycles. The molecule has 2 rings (SSSR count). The van der Waals surface area contributed by atoms with Gasteiger partial charge < -0.3 is 15.4 Å². The molecule has 3 unspecified atom stereocenters. The van der Waals surface area contributed by atoms with Crippen molar-refractivity contribution in [1.82, 2.24) is 15.6 Å². The molecule has 1 fully saturated rings. The highest BCUT2D eigenvalue weighted by Gasteiger charge is 2.33. The summed E-state index contributed by atoms with van der Waals surface area (Å²) in [6.45, 7) is 3.05. The molecular weight excluding hydrogens is 230 g/mol. The minimum atomic E-state index is -0.112. The van der Waals surface area contributed by atoms with Gasteiger partial charge in [0.05, 0.1) is 25.2 Å². The fourth-order valence-electron chi connectivity index (χ4n) is 2.15. The molecule has 0 saturated carbocycles. The van der Waals surface area contributed by atoms with Gasteiger partial charge in [-0.1, -0.05) is 0 Å². The van der Waals surface area contributed by atoms with Gasteiger partial charge in [0, 0.05) is 18.4 Å². The van der Waals surface area contributed by atoms with Gasteiger partial charge in [-0.15, -0.1) is 0 Å². The van der Waals surface area contributed by atoms with E-state index in [1.165, 1.54) is 0 Å². The zero-order chi connectivity index (χ0) is 13.0. The third kappa shape index (κ3) is 2.86. The van der Waals surface area contributed by atoms with E-state index in [9.17, 15) is 4.79 Å². The van der Waals surface area contributed by atoms with Crippen molar-refractivity contribution in [2.45, 2.75) is 19.0 Å². The number of hydrogen-bond donors (Lipinski definition) is 2. The molecule has 1 aromatic heterocycles. The van der Waals surface area contributed by atoms with Crippen LogP contribution in [0.15, 0.2) is 24.5 Å². The van der Waals surface area contributed by atoms with Crippen molar-refractivity contribution in [2.75, 3.05) is 20.3 Å². The molecule has 98 valence electrons. The molecule has 2 heterocycles. The first-order valence-corrected chi connectivity index (χ1v) is 6.17. The molecule has 1 aliphatic rings. The van der Waals surface area contributed by atoms with Gasteiger partial charge in [-0.3, -0.25) is 9.78 Å². The van der Waals surface area contributed by atoms with E-state index in [-0.39, 0.29) is 23.9 Å². The fourth-order valence-corrected chi connectivity index (χ4v) is 2.15. The fraction of sp³-hybridized carbons (Fsp3) is 0.538.